The minimum Gasteiger partial charge on any atom is -0.401 e. The maximum absolute atomic E-state index is 14.1. The molecule has 866 valence electrons. The molecule has 53 heteroatoms. The number of carbonyl (C=O) groups is 7. The number of rotatable bonds is 100. The summed E-state index contributed by atoms with van der Waals surface area (Å²) in [6.45, 7) is 4.37. The number of amides is 2. The number of phosphoric ester groups is 1. The molecule has 0 bridgehead atoms. The highest BCUT2D eigenvalue weighted by atomic mass is 31.2. The molecule has 6 unspecified atom stereocenters. The lowest BCUT2D eigenvalue weighted by Crippen LogP contribution is -2.59. The number of carbonyl (C=O) groups excluding carboxylic acids is 7. The van der Waals surface area contributed by atoms with E-state index >= 15 is 0 Å². The number of hydrogen-bond acceptors (Lipinski definition) is 48. The molecule has 52 nitrogen and oxygen atoms in total. The van der Waals surface area contributed by atoms with Crippen LogP contribution in [0.5, 0.6) is 0 Å². The Hall–Kier alpha value is -6.64. The van der Waals surface area contributed by atoms with Crippen LogP contribution >= 0.6 is 7.82 Å². The van der Waals surface area contributed by atoms with Crippen molar-refractivity contribution in [2.75, 3.05) is 238 Å². The third-order valence-corrected chi connectivity index (χ3v) is 23.7. The molecule has 0 aromatic heterocycles. The Labute approximate surface area is 872 Å². The number of nitrogens with zero attached hydrogens (tertiary/aromatic N) is 2. The first-order valence-electron chi connectivity index (χ1n) is 51.7. The van der Waals surface area contributed by atoms with Gasteiger partial charge in [0.1, 0.15) is 108 Å². The van der Waals surface area contributed by atoms with Gasteiger partial charge in [0, 0.05) is 152 Å². The summed E-state index contributed by atoms with van der Waals surface area (Å²) >= 11 is 0. The molecule has 0 spiro atoms. The van der Waals surface area contributed by atoms with Crippen molar-refractivity contribution in [3.63, 3.8) is 0 Å². The van der Waals surface area contributed by atoms with E-state index in [4.69, 9.17) is 118 Å². The number of aliphatic hydroxyl groups is 12. The zero-order valence-corrected chi connectivity index (χ0v) is 87.3. The number of nitrogens with two attached hydrogens (primary N) is 4. The van der Waals surface area contributed by atoms with Gasteiger partial charge in [0.15, 0.2) is 18.9 Å². The van der Waals surface area contributed by atoms with Crippen LogP contribution in [0.3, 0.4) is 0 Å². The normalized spacial score (nSPS) is 22.0. The SMILES string of the molecule is NN=C(C=NCCCCCC(=O)NC(COCCC(=O)CCCCCC(=O)CC/C(N)=C/NCCOCCOCCOCCO[C@H]1OC(CO)[C@@H](O)[C@H](O)C1O)(COCCC(=O)CCCCCC(=O)CC/C(N)=C/NCCOCCOCCOCCO[C@H]1OC(CO)[C@@H](O)[C@H](O)C1O)COCCC(=O)NCCCCC(=O)CC/C(N)=C/NCCOCCOCCOCCO[C@H]1OC(CO)[C@@H](O)[C@H](O)C1O)CCCCOP(=O)(O)O. The van der Waals surface area contributed by atoms with Crippen LogP contribution in [0.2, 0.25) is 0 Å². The minimum atomic E-state index is -4.59. The molecule has 0 aromatic carbocycles. The Kier molecular flexibility index (Phi) is 80.2. The summed E-state index contributed by atoms with van der Waals surface area (Å²) in [4.78, 5) is 115. The predicted octanol–water partition coefficient (Wildman–Crippen LogP) is -3.57. The molecular formula is C96H176N11O41P. The molecule has 3 saturated heterocycles. The lowest BCUT2D eigenvalue weighted by atomic mass is 9.99. The molecule has 15 atom stereocenters. The minimum absolute atomic E-state index is 0.00243. The molecule has 0 aromatic rings. The highest BCUT2D eigenvalue weighted by Gasteiger charge is 2.47. The molecule has 149 heavy (non-hydrogen) atoms. The summed E-state index contributed by atoms with van der Waals surface area (Å²) in [5, 5.41) is 137. The zero-order chi connectivity index (χ0) is 109. The number of ether oxygens (including phenoxy) is 18. The first-order valence-corrected chi connectivity index (χ1v) is 53.3. The third-order valence-electron chi connectivity index (χ3n) is 23.2. The lowest BCUT2D eigenvalue weighted by Gasteiger charge is -2.39. The standard InChI is InChI=1S/C96H176N11O41P/c97-70(60-102-32-39-130-42-45-133-48-51-136-54-57-142-93-90(124)87(121)84(118)79(64-108)146-93)21-24-74(111)15-4-1-6-17-77(114)27-36-139-67-96(106-83(117)20-8-3-11-30-101-63-73(107-100)14-10-13-35-145-149(127,128)129,68-140-37-28-78(115)18-7-2-5-16-75(112)25-22-71(98)61-103-33-40-131-43-46-134-49-52-137-55-58-143-94-91(125)88(122)85(119)80(65-109)147-94)69-141-38-29-82(116)105-31-12-9-19-76(113)26-23-72(99)62-104-34-41-132-44-47-135-50-53-138-56-59-144-95-92(126)89(123)86(120)81(66-110)148-95/h60-63,79-81,84-95,102-104,108-110,118-126H,1-59,64-69,97-100H2,(H,105,116)(H,106,117)(H2,127,128,129)/b70-60-,71-61-,72-62-,101-63?,107-73?/t79?,80?,81?,84-,85-,86-,87+,88+,89+,90?,91?,92?,93+,94+,95+,96?/m1/s1. The molecule has 3 rings (SSSR count). The highest BCUT2D eigenvalue weighted by molar-refractivity contribution is 7.46. The van der Waals surface area contributed by atoms with Gasteiger partial charge in [0.2, 0.25) is 11.8 Å². The van der Waals surface area contributed by atoms with Gasteiger partial charge in [-0.2, -0.15) is 5.10 Å². The zero-order valence-electron chi connectivity index (χ0n) is 86.4. The van der Waals surface area contributed by atoms with E-state index in [1.165, 1.54) is 6.21 Å². The number of hydrazone groups is 1. The second-order valence-corrected chi connectivity index (χ2v) is 37.1. The number of phosphoric acid groups is 1. The quantitative estimate of drug-likeness (QED) is 0.00921. The number of aliphatic imine (C=N–C) groups is 1. The van der Waals surface area contributed by atoms with Crippen molar-refractivity contribution in [2.45, 2.75) is 284 Å². The number of hydrogen-bond donors (Lipinski definition) is 23. The van der Waals surface area contributed by atoms with E-state index in [-0.39, 0.29) is 237 Å². The molecule has 3 aliphatic heterocycles. The number of ketones is 5. The van der Waals surface area contributed by atoms with Gasteiger partial charge in [0.05, 0.1) is 211 Å². The summed E-state index contributed by atoms with van der Waals surface area (Å²) in [5.41, 5.74) is 19.0. The number of allylic oxidation sites excluding steroid dienone is 3. The maximum Gasteiger partial charge on any atom is 0.469 e. The molecule has 3 heterocycles. The molecular weight excluding hydrogens is 1990 g/mol. The van der Waals surface area contributed by atoms with Crippen LogP contribution in [0.1, 0.15) is 186 Å². The Morgan fingerprint density at radius 2 is 0.624 bits per heavy atom. The fourth-order valence-electron chi connectivity index (χ4n) is 14.5. The fourth-order valence-corrected chi connectivity index (χ4v) is 14.9. The van der Waals surface area contributed by atoms with E-state index in [1.807, 2.05) is 0 Å². The van der Waals surface area contributed by atoms with E-state index < -0.39 is 125 Å². The van der Waals surface area contributed by atoms with E-state index in [1.54, 1.807) is 18.6 Å². The van der Waals surface area contributed by atoms with Crippen LogP contribution in [0, 0.1) is 0 Å². The van der Waals surface area contributed by atoms with E-state index in [9.17, 15) is 99.4 Å². The largest absolute Gasteiger partial charge is 0.469 e. The Balaban J connectivity index is 1.49. The molecule has 0 saturated carbocycles. The lowest BCUT2D eigenvalue weighted by molar-refractivity contribution is -0.302. The monoisotopic (exact) mass is 2170 g/mol. The number of unbranched alkanes of at least 4 members (excludes halogenated alkanes) is 8. The van der Waals surface area contributed by atoms with Crippen molar-refractivity contribution in [2.24, 2.45) is 33.1 Å². The Morgan fingerprint density at radius 1 is 0.315 bits per heavy atom. The van der Waals surface area contributed by atoms with Gasteiger partial charge in [-0.3, -0.25) is 43.1 Å². The fraction of sp³-hybridized carbons (Fsp3) is 0.844. The summed E-state index contributed by atoms with van der Waals surface area (Å²) in [5.74, 6) is 4.72. The third kappa shape index (κ3) is 69.1. The number of nitrogens with one attached hydrogen (secondary N) is 5. The van der Waals surface area contributed by atoms with Crippen LogP contribution in [-0.4, -0.2) is 459 Å². The molecule has 0 aliphatic carbocycles. The topological polar surface area (TPSA) is 784 Å². The van der Waals surface area contributed by atoms with Gasteiger partial charge in [-0.05, 0) is 89.9 Å². The van der Waals surface area contributed by atoms with Gasteiger partial charge in [-0.25, -0.2) is 4.57 Å². The van der Waals surface area contributed by atoms with Crippen LogP contribution in [0.25, 0.3) is 0 Å². The maximum atomic E-state index is 14.1. The Bertz CT molecular complexity index is 3400. The smallest absolute Gasteiger partial charge is 0.401 e. The van der Waals surface area contributed by atoms with Gasteiger partial charge < -0.3 is 206 Å². The van der Waals surface area contributed by atoms with Crippen molar-refractivity contribution in [3.8, 4) is 0 Å². The van der Waals surface area contributed by atoms with Crippen molar-refractivity contribution in [1.29, 1.82) is 0 Å². The second kappa shape index (κ2) is 87.5. The van der Waals surface area contributed by atoms with Gasteiger partial charge in [0.25, 0.3) is 0 Å². The average molecular weight is 2170 g/mol. The van der Waals surface area contributed by atoms with Crippen LogP contribution in [-0.2, 0) is 128 Å². The molecule has 3 aliphatic rings. The summed E-state index contributed by atoms with van der Waals surface area (Å²) in [6.07, 6.45) is -3.70. The second-order valence-electron chi connectivity index (χ2n) is 35.8. The molecule has 2 amide bonds. The van der Waals surface area contributed by atoms with E-state index in [0.29, 0.717) is 230 Å². The first-order chi connectivity index (χ1) is 71.9. The van der Waals surface area contributed by atoms with Crippen molar-refractivity contribution in [1.82, 2.24) is 26.6 Å². The van der Waals surface area contributed by atoms with Crippen LogP contribution in [0.4, 0.5) is 0 Å². The number of aliphatic hydroxyl groups excluding tert-OH is 12. The molecule has 27 N–H and O–H groups in total. The van der Waals surface area contributed by atoms with Crippen molar-refractivity contribution < 1.29 is 199 Å². The highest BCUT2D eigenvalue weighted by Crippen LogP contribution is 2.36. The summed E-state index contributed by atoms with van der Waals surface area (Å²) in [6, 6.07) is 0. The molecule has 3 fully saturated rings. The van der Waals surface area contributed by atoms with Gasteiger partial charge in [-0.15, -0.1) is 0 Å². The van der Waals surface area contributed by atoms with Gasteiger partial charge in [-0.1, -0.05) is 19.3 Å². The summed E-state index contributed by atoms with van der Waals surface area (Å²) < 4.78 is 116. The molecule has 0 radical (unpaired) electrons. The van der Waals surface area contributed by atoms with Gasteiger partial charge >= 0.3 is 7.82 Å². The van der Waals surface area contributed by atoms with Crippen molar-refractivity contribution >= 4 is 60.5 Å². The first kappa shape index (κ1) is 137. The van der Waals surface area contributed by atoms with E-state index in [0.717, 1.165) is 0 Å². The van der Waals surface area contributed by atoms with Crippen LogP contribution in [0.15, 0.2) is 45.8 Å². The summed E-state index contributed by atoms with van der Waals surface area (Å²) in [7, 11) is -4.59. The number of Topliss-reactive ketones (excluding diaryl/α,β-unsaturated/α-hetero) is 5. The average Bonchev–Trinajstić information content (AvgIpc) is 0.826. The predicted molar refractivity (Wildman–Crippen MR) is 536 cm³/mol. The van der Waals surface area contributed by atoms with E-state index in [2.05, 4.69) is 41.2 Å². The van der Waals surface area contributed by atoms with Crippen molar-refractivity contribution in [3.05, 3.63) is 35.7 Å². The van der Waals surface area contributed by atoms with Crippen LogP contribution < -0.4 is 49.6 Å². The Morgan fingerprint density at radius 3 is 0.966 bits per heavy atom.